The van der Waals surface area contributed by atoms with Crippen LogP contribution in [0.4, 0.5) is 0 Å². The van der Waals surface area contributed by atoms with Crippen LogP contribution in [0.15, 0.2) is 0 Å². The molecule has 3 rings (SSSR count). The minimum atomic E-state index is -0.164. The van der Waals surface area contributed by atoms with Crippen LogP contribution in [0, 0.1) is 11.8 Å². The van der Waals surface area contributed by atoms with Crippen molar-refractivity contribution in [3.63, 3.8) is 0 Å². The van der Waals surface area contributed by atoms with Crippen LogP contribution in [0.1, 0.15) is 73.3 Å². The molecule has 0 bridgehead atoms. The van der Waals surface area contributed by atoms with Gasteiger partial charge in [-0.15, -0.1) is 0 Å². The van der Waals surface area contributed by atoms with Crippen molar-refractivity contribution in [3.05, 3.63) is 17.2 Å². The Labute approximate surface area is 150 Å². The third-order valence-corrected chi connectivity index (χ3v) is 5.27. The van der Waals surface area contributed by atoms with Gasteiger partial charge >= 0.3 is 0 Å². The van der Waals surface area contributed by atoms with E-state index < -0.39 is 0 Å². The van der Waals surface area contributed by atoms with Gasteiger partial charge in [0.1, 0.15) is 5.69 Å². The molecule has 138 valence electrons. The SMILES string of the molecule is CC(C)CNC(=O)c1nc(C(=O)N2CCC(C)CC2)c2n1CCCC2. The molecular weight excluding hydrogens is 316 g/mol. The fourth-order valence-corrected chi connectivity index (χ4v) is 3.62. The number of piperidine rings is 1. The molecule has 1 fully saturated rings. The van der Waals surface area contributed by atoms with Crippen molar-refractivity contribution in [2.45, 2.75) is 59.4 Å². The molecule has 0 atom stereocenters. The maximum Gasteiger partial charge on any atom is 0.287 e. The van der Waals surface area contributed by atoms with Gasteiger partial charge in [0, 0.05) is 26.2 Å². The molecule has 2 aliphatic rings. The fraction of sp³-hybridized carbons (Fsp3) is 0.737. The van der Waals surface area contributed by atoms with Crippen LogP contribution in [-0.4, -0.2) is 45.9 Å². The lowest BCUT2D eigenvalue weighted by molar-refractivity contribution is 0.0690. The van der Waals surface area contributed by atoms with Crippen molar-refractivity contribution in [1.29, 1.82) is 0 Å². The van der Waals surface area contributed by atoms with Gasteiger partial charge in [0.15, 0.2) is 5.82 Å². The molecule has 0 aromatic carbocycles. The van der Waals surface area contributed by atoms with Crippen molar-refractivity contribution in [2.24, 2.45) is 11.8 Å². The van der Waals surface area contributed by atoms with Crippen LogP contribution in [-0.2, 0) is 13.0 Å². The molecule has 1 saturated heterocycles. The number of hydrogen-bond donors (Lipinski definition) is 1. The van der Waals surface area contributed by atoms with Gasteiger partial charge in [-0.1, -0.05) is 20.8 Å². The highest BCUT2D eigenvalue weighted by Crippen LogP contribution is 2.24. The average molecular weight is 346 g/mol. The van der Waals surface area contributed by atoms with Crippen LogP contribution in [0.2, 0.25) is 0 Å². The van der Waals surface area contributed by atoms with Crippen LogP contribution < -0.4 is 5.32 Å². The smallest absolute Gasteiger partial charge is 0.287 e. The topological polar surface area (TPSA) is 67.2 Å². The van der Waals surface area contributed by atoms with E-state index in [9.17, 15) is 9.59 Å². The Kier molecular flexibility index (Phi) is 5.45. The first-order valence-corrected chi connectivity index (χ1v) is 9.64. The summed E-state index contributed by atoms with van der Waals surface area (Å²) in [6.07, 6.45) is 5.00. The molecule has 1 aromatic rings. The summed E-state index contributed by atoms with van der Waals surface area (Å²) >= 11 is 0. The maximum absolute atomic E-state index is 13.0. The van der Waals surface area contributed by atoms with Gasteiger partial charge in [-0.2, -0.15) is 0 Å². The molecule has 2 amide bonds. The van der Waals surface area contributed by atoms with Gasteiger partial charge in [-0.3, -0.25) is 9.59 Å². The number of nitrogens with one attached hydrogen (secondary N) is 1. The lowest BCUT2D eigenvalue weighted by atomic mass is 9.98. The second-order valence-corrected chi connectivity index (χ2v) is 7.92. The summed E-state index contributed by atoms with van der Waals surface area (Å²) in [6.45, 7) is 9.34. The van der Waals surface area contributed by atoms with E-state index in [1.165, 1.54) is 0 Å². The Morgan fingerprint density at radius 1 is 1.20 bits per heavy atom. The Bertz CT molecular complexity index is 642. The standard InChI is InChI=1S/C19H30N4O2/c1-13(2)12-20-18(24)17-21-16(15-6-4-5-9-23(15)17)19(25)22-10-7-14(3)8-11-22/h13-14H,4-12H2,1-3H3,(H,20,24). The van der Waals surface area contributed by atoms with Crippen LogP contribution in [0.5, 0.6) is 0 Å². The second-order valence-electron chi connectivity index (χ2n) is 7.92. The molecule has 25 heavy (non-hydrogen) atoms. The minimum Gasteiger partial charge on any atom is -0.349 e. The molecule has 1 aromatic heterocycles. The molecule has 0 spiro atoms. The number of fused-ring (bicyclic) bond motifs is 1. The predicted molar refractivity (Wildman–Crippen MR) is 96.6 cm³/mol. The van der Waals surface area contributed by atoms with Crippen molar-refractivity contribution in [1.82, 2.24) is 19.8 Å². The third-order valence-electron chi connectivity index (χ3n) is 5.27. The van der Waals surface area contributed by atoms with Gasteiger partial charge in [0.25, 0.3) is 11.8 Å². The first kappa shape index (κ1) is 18.0. The number of carbonyl (C=O) groups excluding carboxylic acids is 2. The molecule has 0 aliphatic carbocycles. The summed E-state index contributed by atoms with van der Waals surface area (Å²) in [5.41, 5.74) is 1.45. The molecule has 0 saturated carbocycles. The highest BCUT2D eigenvalue weighted by Gasteiger charge is 2.31. The van der Waals surface area contributed by atoms with Crippen LogP contribution >= 0.6 is 0 Å². The van der Waals surface area contributed by atoms with E-state index in [-0.39, 0.29) is 11.8 Å². The summed E-state index contributed by atoms with van der Waals surface area (Å²) in [5, 5.41) is 2.94. The summed E-state index contributed by atoms with van der Waals surface area (Å²) in [5.74, 6) is 1.31. The number of imidazole rings is 1. The first-order valence-electron chi connectivity index (χ1n) is 9.64. The van der Waals surface area contributed by atoms with Crippen molar-refractivity contribution in [3.8, 4) is 0 Å². The molecule has 6 heteroatoms. The fourth-order valence-electron chi connectivity index (χ4n) is 3.62. The monoisotopic (exact) mass is 346 g/mol. The molecule has 0 unspecified atom stereocenters. The van der Waals surface area contributed by atoms with Crippen LogP contribution in [0.3, 0.4) is 0 Å². The van der Waals surface area contributed by atoms with E-state index in [0.717, 1.165) is 57.4 Å². The van der Waals surface area contributed by atoms with Gasteiger partial charge in [0.2, 0.25) is 0 Å². The quantitative estimate of drug-likeness (QED) is 0.911. The van der Waals surface area contributed by atoms with E-state index in [0.29, 0.717) is 29.9 Å². The summed E-state index contributed by atoms with van der Waals surface area (Å²) in [7, 11) is 0. The maximum atomic E-state index is 13.0. The van der Waals surface area contributed by atoms with Crippen LogP contribution in [0.25, 0.3) is 0 Å². The summed E-state index contributed by atoms with van der Waals surface area (Å²) in [4.78, 5) is 32.0. The number of carbonyl (C=O) groups is 2. The lowest BCUT2D eigenvalue weighted by Crippen LogP contribution is -2.38. The van der Waals surface area contributed by atoms with E-state index in [2.05, 4.69) is 31.1 Å². The Morgan fingerprint density at radius 3 is 2.60 bits per heavy atom. The molecule has 0 radical (unpaired) electrons. The molecule has 6 nitrogen and oxygen atoms in total. The summed E-state index contributed by atoms with van der Waals surface area (Å²) in [6, 6.07) is 0. The van der Waals surface area contributed by atoms with E-state index in [4.69, 9.17) is 0 Å². The average Bonchev–Trinajstić information content (AvgIpc) is 2.99. The second kappa shape index (κ2) is 7.58. The Hall–Kier alpha value is -1.85. The van der Waals surface area contributed by atoms with Crippen molar-refractivity contribution in [2.75, 3.05) is 19.6 Å². The van der Waals surface area contributed by atoms with Gasteiger partial charge < -0.3 is 14.8 Å². The van der Waals surface area contributed by atoms with Gasteiger partial charge in [-0.25, -0.2) is 4.98 Å². The van der Waals surface area contributed by atoms with E-state index in [1.54, 1.807) is 0 Å². The lowest BCUT2D eigenvalue weighted by Gasteiger charge is -2.30. The zero-order chi connectivity index (χ0) is 18.0. The predicted octanol–water partition coefficient (Wildman–Crippen LogP) is 2.48. The number of nitrogens with zero attached hydrogens (tertiary/aromatic N) is 3. The number of likely N-dealkylation sites (tertiary alicyclic amines) is 1. The van der Waals surface area contributed by atoms with Crippen molar-refractivity contribution >= 4 is 11.8 Å². The number of aromatic nitrogens is 2. The molecule has 2 aliphatic heterocycles. The van der Waals surface area contributed by atoms with E-state index in [1.807, 2.05) is 9.47 Å². The highest BCUT2D eigenvalue weighted by molar-refractivity contribution is 5.97. The third kappa shape index (κ3) is 3.88. The highest BCUT2D eigenvalue weighted by atomic mass is 16.2. The zero-order valence-corrected chi connectivity index (χ0v) is 15.7. The van der Waals surface area contributed by atoms with Crippen molar-refractivity contribution < 1.29 is 9.59 Å². The van der Waals surface area contributed by atoms with Gasteiger partial charge in [-0.05, 0) is 43.9 Å². The van der Waals surface area contributed by atoms with E-state index >= 15 is 0 Å². The number of hydrogen-bond acceptors (Lipinski definition) is 3. The number of rotatable bonds is 4. The first-order chi connectivity index (χ1) is 12.0. The zero-order valence-electron chi connectivity index (χ0n) is 15.7. The summed E-state index contributed by atoms with van der Waals surface area (Å²) < 4.78 is 1.97. The largest absolute Gasteiger partial charge is 0.349 e. The molecular formula is C19H30N4O2. The normalized spacial score (nSPS) is 18.3. The molecule has 1 N–H and O–H groups in total. The minimum absolute atomic E-state index is 0.000426. The Balaban J connectivity index is 1.84. The number of amides is 2. The Morgan fingerprint density at radius 2 is 1.92 bits per heavy atom. The van der Waals surface area contributed by atoms with Gasteiger partial charge in [0.05, 0.1) is 5.69 Å². The molecule has 3 heterocycles.